The maximum atomic E-state index is 14.0. The number of carbonyl (C=O) groups is 7. The molecule has 2 heterocycles. The van der Waals surface area contributed by atoms with E-state index < -0.39 is 67.8 Å². The summed E-state index contributed by atoms with van der Waals surface area (Å²) in [6, 6.07) is 30.9. The van der Waals surface area contributed by atoms with Crippen LogP contribution in [0, 0.1) is 0 Å². The summed E-state index contributed by atoms with van der Waals surface area (Å²) in [4.78, 5) is 94.7. The van der Waals surface area contributed by atoms with Gasteiger partial charge in [0.2, 0.25) is 35.4 Å². The van der Waals surface area contributed by atoms with Gasteiger partial charge in [0.1, 0.15) is 29.8 Å². The van der Waals surface area contributed by atoms with Crippen LogP contribution in [0.25, 0.3) is 0 Å². The molecule has 0 spiro atoms. The van der Waals surface area contributed by atoms with Crippen LogP contribution in [0.4, 0.5) is 0 Å². The van der Waals surface area contributed by atoms with Gasteiger partial charge >= 0.3 is 5.97 Å². The molecule has 6 rings (SSSR count). The van der Waals surface area contributed by atoms with E-state index in [9.17, 15) is 33.6 Å². The first kappa shape index (κ1) is 54.1. The maximum Gasteiger partial charge on any atom is 0.338 e. The van der Waals surface area contributed by atoms with Crippen molar-refractivity contribution >= 4 is 64.9 Å². The highest BCUT2D eigenvalue weighted by Gasteiger charge is 2.50. The van der Waals surface area contributed by atoms with E-state index in [1.165, 1.54) is 23.5 Å². The van der Waals surface area contributed by atoms with Crippen LogP contribution in [-0.4, -0.2) is 105 Å². The first-order chi connectivity index (χ1) is 33.7. The Morgan fingerprint density at radius 2 is 0.901 bits per heavy atom. The standard InChI is InChI=1S/C53H66N8O8S2/c1-51(2,3)69-50(68)37-25-23-36(24-26-37)32-57-45(65)41(59-39(63)30-34-19-13-9-14-20-34)49-61-43(53(6,7)71-49)47(67)55-28-27-54-46(66)42-52(4,5)70-48(60-42)40(44(64)56-31-35-21-15-10-16-22-35)58-38(62)29-33-17-11-8-12-18-33/h8-26,40-43,48-49,60-61H,27-32H2,1-7H3,(H,54,66)(H,55,67)(H,56,64)(H,57,65)(H,58,62)(H,59,63)/t40-,41+,42+,43+,48-,49-/m1/s1. The highest BCUT2D eigenvalue weighted by molar-refractivity contribution is 8.01. The fourth-order valence-electron chi connectivity index (χ4n) is 8.13. The Morgan fingerprint density at radius 1 is 0.535 bits per heavy atom. The molecule has 0 aromatic heterocycles. The van der Waals surface area contributed by atoms with E-state index in [0.29, 0.717) is 5.56 Å². The number of ether oxygens (including phenoxy) is 1. The minimum absolute atomic E-state index is 0.0378. The third kappa shape index (κ3) is 15.9. The van der Waals surface area contributed by atoms with Crippen molar-refractivity contribution in [2.75, 3.05) is 13.1 Å². The van der Waals surface area contributed by atoms with E-state index in [0.717, 1.165) is 22.3 Å². The molecule has 8 N–H and O–H groups in total. The zero-order chi connectivity index (χ0) is 51.3. The molecule has 71 heavy (non-hydrogen) atoms. The molecule has 18 heteroatoms. The summed E-state index contributed by atoms with van der Waals surface area (Å²) in [6.07, 6.45) is 0.111. The van der Waals surface area contributed by atoms with Gasteiger partial charge in [0.15, 0.2) is 0 Å². The highest BCUT2D eigenvalue weighted by atomic mass is 32.2. The van der Waals surface area contributed by atoms with Crippen LogP contribution in [-0.2, 0) is 59.4 Å². The third-order valence-electron chi connectivity index (χ3n) is 11.7. The molecule has 6 atom stereocenters. The Morgan fingerprint density at radius 3 is 1.28 bits per heavy atom. The van der Waals surface area contributed by atoms with Gasteiger partial charge in [0.25, 0.3) is 0 Å². The summed E-state index contributed by atoms with van der Waals surface area (Å²) in [5.74, 6) is -2.73. The summed E-state index contributed by atoms with van der Waals surface area (Å²) in [7, 11) is 0. The molecule has 4 aromatic rings. The van der Waals surface area contributed by atoms with Gasteiger partial charge in [-0.3, -0.25) is 39.4 Å². The number of thioether (sulfide) groups is 2. The van der Waals surface area contributed by atoms with Crippen molar-refractivity contribution in [1.82, 2.24) is 42.5 Å². The number of amides is 6. The van der Waals surface area contributed by atoms with Crippen molar-refractivity contribution in [3.05, 3.63) is 143 Å². The van der Waals surface area contributed by atoms with Gasteiger partial charge in [-0.25, -0.2) is 4.79 Å². The summed E-state index contributed by atoms with van der Waals surface area (Å²) >= 11 is 2.74. The third-order valence-corrected chi connectivity index (χ3v) is 14.8. The number of rotatable bonds is 20. The number of esters is 1. The van der Waals surface area contributed by atoms with Crippen LogP contribution >= 0.6 is 23.5 Å². The fourth-order valence-corrected chi connectivity index (χ4v) is 11.1. The fraction of sp³-hybridized carbons (Fsp3) is 0.415. The van der Waals surface area contributed by atoms with E-state index in [1.54, 1.807) is 45.0 Å². The van der Waals surface area contributed by atoms with Crippen molar-refractivity contribution in [3.63, 3.8) is 0 Å². The minimum Gasteiger partial charge on any atom is -0.456 e. The van der Waals surface area contributed by atoms with E-state index in [4.69, 9.17) is 4.74 Å². The molecule has 378 valence electrons. The van der Waals surface area contributed by atoms with Crippen molar-refractivity contribution in [1.29, 1.82) is 0 Å². The molecule has 0 aliphatic carbocycles. The van der Waals surface area contributed by atoms with Gasteiger partial charge < -0.3 is 36.6 Å². The topological polar surface area (TPSA) is 225 Å². The second-order valence-electron chi connectivity index (χ2n) is 19.6. The van der Waals surface area contributed by atoms with E-state index in [-0.39, 0.29) is 62.6 Å². The van der Waals surface area contributed by atoms with Crippen molar-refractivity contribution in [2.24, 2.45) is 0 Å². The lowest BCUT2D eigenvalue weighted by molar-refractivity contribution is -0.129. The summed E-state index contributed by atoms with van der Waals surface area (Å²) < 4.78 is 4.03. The number of nitrogens with one attached hydrogen (secondary N) is 8. The van der Waals surface area contributed by atoms with Gasteiger partial charge in [-0.15, -0.1) is 23.5 Å². The molecule has 2 aliphatic heterocycles. The molecule has 6 amide bonds. The Kier molecular flexibility index (Phi) is 18.5. The molecule has 0 unspecified atom stereocenters. The first-order valence-electron chi connectivity index (χ1n) is 23.7. The van der Waals surface area contributed by atoms with Gasteiger partial charge in [-0.05, 0) is 82.9 Å². The van der Waals surface area contributed by atoms with Crippen LogP contribution in [0.5, 0.6) is 0 Å². The largest absolute Gasteiger partial charge is 0.456 e. The van der Waals surface area contributed by atoms with Gasteiger partial charge in [0.05, 0.1) is 29.2 Å². The van der Waals surface area contributed by atoms with Crippen LogP contribution in [0.3, 0.4) is 0 Å². The van der Waals surface area contributed by atoms with Gasteiger partial charge in [0, 0.05) is 35.7 Å². The average molecular weight is 1010 g/mol. The summed E-state index contributed by atoms with van der Waals surface area (Å²) in [5.41, 5.74) is 2.90. The smallest absolute Gasteiger partial charge is 0.338 e. The Balaban J connectivity index is 1.05. The van der Waals surface area contributed by atoms with Crippen molar-refractivity contribution in [3.8, 4) is 0 Å². The van der Waals surface area contributed by atoms with Gasteiger partial charge in [-0.2, -0.15) is 0 Å². The zero-order valence-corrected chi connectivity index (χ0v) is 42.9. The lowest BCUT2D eigenvalue weighted by Gasteiger charge is -2.25. The molecular formula is C53H66N8O8S2. The quantitative estimate of drug-likeness (QED) is 0.0467. The molecular weight excluding hydrogens is 941 g/mol. The highest BCUT2D eigenvalue weighted by Crippen LogP contribution is 2.40. The number of hydrogen-bond acceptors (Lipinski definition) is 12. The predicted molar refractivity (Wildman–Crippen MR) is 277 cm³/mol. The normalized spacial score (nSPS) is 19.8. The van der Waals surface area contributed by atoms with E-state index >= 15 is 0 Å². The molecule has 16 nitrogen and oxygen atoms in total. The van der Waals surface area contributed by atoms with Crippen LogP contribution < -0.4 is 42.5 Å². The molecule has 0 bridgehead atoms. The average Bonchev–Trinajstić information content (AvgIpc) is 3.83. The molecule has 4 aromatic carbocycles. The molecule has 2 fully saturated rings. The number of benzene rings is 4. The predicted octanol–water partition coefficient (Wildman–Crippen LogP) is 3.88. The van der Waals surface area contributed by atoms with Gasteiger partial charge in [-0.1, -0.05) is 103 Å². The summed E-state index contributed by atoms with van der Waals surface area (Å²) in [6.45, 7) is 13.5. The maximum absolute atomic E-state index is 14.0. The monoisotopic (exact) mass is 1010 g/mol. The Hall–Kier alpha value is -6.21. The second kappa shape index (κ2) is 24.3. The minimum atomic E-state index is -1.08. The van der Waals surface area contributed by atoms with Crippen LogP contribution in [0.15, 0.2) is 115 Å². The van der Waals surface area contributed by atoms with Crippen LogP contribution in [0.2, 0.25) is 0 Å². The first-order valence-corrected chi connectivity index (χ1v) is 25.4. The van der Waals surface area contributed by atoms with Crippen molar-refractivity contribution in [2.45, 2.75) is 124 Å². The number of hydrogen-bond donors (Lipinski definition) is 8. The molecule has 2 saturated heterocycles. The zero-order valence-electron chi connectivity index (χ0n) is 41.3. The molecule has 0 saturated carbocycles. The van der Waals surface area contributed by atoms with E-state index in [2.05, 4.69) is 42.5 Å². The lowest BCUT2D eigenvalue weighted by Crippen LogP contribution is -2.58. The van der Waals surface area contributed by atoms with E-state index in [1.807, 2.05) is 119 Å². The Labute approximate surface area is 424 Å². The van der Waals surface area contributed by atoms with Crippen molar-refractivity contribution < 1.29 is 38.3 Å². The van der Waals surface area contributed by atoms with Crippen LogP contribution in [0.1, 0.15) is 81.1 Å². The summed E-state index contributed by atoms with van der Waals surface area (Å²) in [5, 5.41) is 22.8. The molecule has 2 aliphatic rings. The second-order valence-corrected chi connectivity index (χ2v) is 23.2. The Bertz CT molecular complexity index is 2490. The SMILES string of the molecule is CC(C)(C)OC(=O)c1ccc(CNC(=O)[C@H](NC(=O)Cc2ccccc2)[C@@H]2N[C@@H](C(=O)NCCNC(=O)[C@@H]3N[C@@H]([C@H](NC(=O)Cc4ccccc4)C(=O)NCc4ccccc4)SC3(C)C)C(C)(C)S2)cc1. The number of carbonyl (C=O) groups excluding carboxylic acids is 7. The molecule has 0 radical (unpaired) electrons. The lowest BCUT2D eigenvalue weighted by atomic mass is 10.0.